The van der Waals surface area contributed by atoms with Gasteiger partial charge in [0.05, 0.1) is 6.04 Å². The lowest BCUT2D eigenvalue weighted by Crippen LogP contribution is -2.26. The van der Waals surface area contributed by atoms with Gasteiger partial charge in [0.1, 0.15) is 5.75 Å². The van der Waals surface area contributed by atoms with Gasteiger partial charge in [-0.15, -0.1) is 0 Å². The van der Waals surface area contributed by atoms with E-state index in [-0.39, 0.29) is 18.6 Å². The monoisotopic (exact) mass is 309 g/mol. The molecule has 0 fully saturated rings. The number of carboxylic acid groups (broad SMARTS) is 1. The summed E-state index contributed by atoms with van der Waals surface area (Å²) in [5, 5.41) is 11.5. The number of hydrogen-bond donors (Lipinski definition) is 2. The van der Waals surface area contributed by atoms with E-state index in [1.54, 1.807) is 19.2 Å². The Bertz CT molecular complexity index is 472. The first kappa shape index (κ1) is 18.0. The Labute approximate surface area is 130 Å². The van der Waals surface area contributed by atoms with Crippen molar-refractivity contribution in [3.05, 3.63) is 29.8 Å². The third kappa shape index (κ3) is 7.08. The van der Waals surface area contributed by atoms with Gasteiger partial charge in [-0.3, -0.25) is 4.79 Å². The Morgan fingerprint density at radius 2 is 1.91 bits per heavy atom. The van der Waals surface area contributed by atoms with Crippen LogP contribution in [0, 0.1) is 0 Å². The van der Waals surface area contributed by atoms with E-state index < -0.39 is 5.97 Å². The van der Waals surface area contributed by atoms with Crippen LogP contribution in [0.2, 0.25) is 0 Å². The maximum absolute atomic E-state index is 11.8. The standard InChI is InChI=1S/C16H23NO5/c1-12(17-15(18)5-3-4-10-21-2)13-6-8-14(9-7-13)22-11-16(19)20/h6-9,12H,3-5,10-11H2,1-2H3,(H,17,18)(H,19,20). The van der Waals surface area contributed by atoms with Crippen LogP contribution >= 0.6 is 0 Å². The van der Waals surface area contributed by atoms with Gasteiger partial charge in [0, 0.05) is 20.1 Å². The van der Waals surface area contributed by atoms with Crippen LogP contribution in [0.1, 0.15) is 37.8 Å². The van der Waals surface area contributed by atoms with E-state index in [0.717, 1.165) is 18.4 Å². The normalized spacial score (nSPS) is 11.7. The largest absolute Gasteiger partial charge is 0.482 e. The molecule has 122 valence electrons. The molecule has 0 aliphatic carbocycles. The number of unbranched alkanes of at least 4 members (excludes halogenated alkanes) is 1. The molecular formula is C16H23NO5. The van der Waals surface area contributed by atoms with Gasteiger partial charge in [0.15, 0.2) is 6.61 Å². The van der Waals surface area contributed by atoms with E-state index in [4.69, 9.17) is 14.6 Å². The lowest BCUT2D eigenvalue weighted by Gasteiger charge is -2.15. The zero-order valence-corrected chi connectivity index (χ0v) is 13.0. The Hall–Kier alpha value is -2.08. The second kappa shape index (κ2) is 9.78. The fraction of sp³-hybridized carbons (Fsp3) is 0.500. The van der Waals surface area contributed by atoms with E-state index in [2.05, 4.69) is 5.32 Å². The molecule has 0 aromatic heterocycles. The quantitative estimate of drug-likeness (QED) is 0.647. The molecule has 1 atom stereocenters. The van der Waals surface area contributed by atoms with E-state index >= 15 is 0 Å². The molecule has 22 heavy (non-hydrogen) atoms. The SMILES string of the molecule is COCCCCC(=O)NC(C)c1ccc(OCC(=O)O)cc1. The highest BCUT2D eigenvalue weighted by molar-refractivity contribution is 5.76. The predicted molar refractivity (Wildman–Crippen MR) is 81.9 cm³/mol. The number of benzene rings is 1. The smallest absolute Gasteiger partial charge is 0.341 e. The van der Waals surface area contributed by atoms with E-state index in [1.807, 2.05) is 19.1 Å². The van der Waals surface area contributed by atoms with Crippen LogP contribution in [-0.4, -0.2) is 37.3 Å². The summed E-state index contributed by atoms with van der Waals surface area (Å²) in [5.41, 5.74) is 0.938. The summed E-state index contributed by atoms with van der Waals surface area (Å²) in [7, 11) is 1.64. The van der Waals surface area contributed by atoms with Crippen LogP contribution in [0.4, 0.5) is 0 Å². The van der Waals surface area contributed by atoms with Gasteiger partial charge in [-0.05, 0) is 37.5 Å². The number of carbonyl (C=O) groups is 2. The average molecular weight is 309 g/mol. The highest BCUT2D eigenvalue weighted by Gasteiger charge is 2.09. The van der Waals surface area contributed by atoms with Crippen LogP contribution in [0.3, 0.4) is 0 Å². The number of carbonyl (C=O) groups excluding carboxylic acids is 1. The number of methoxy groups -OCH3 is 1. The molecule has 2 N–H and O–H groups in total. The zero-order valence-electron chi connectivity index (χ0n) is 13.0. The van der Waals surface area contributed by atoms with Crippen molar-refractivity contribution >= 4 is 11.9 Å². The molecule has 1 aromatic carbocycles. The third-order valence-corrected chi connectivity index (χ3v) is 3.12. The maximum Gasteiger partial charge on any atom is 0.341 e. The number of rotatable bonds is 10. The fourth-order valence-electron chi connectivity index (χ4n) is 1.93. The van der Waals surface area contributed by atoms with Crippen molar-refractivity contribution in [1.29, 1.82) is 0 Å². The Morgan fingerprint density at radius 1 is 1.23 bits per heavy atom. The first-order valence-electron chi connectivity index (χ1n) is 7.25. The Kier molecular flexibility index (Phi) is 7.99. The van der Waals surface area contributed by atoms with Crippen molar-refractivity contribution in [2.24, 2.45) is 0 Å². The lowest BCUT2D eigenvalue weighted by molar-refractivity contribution is -0.139. The molecule has 1 rings (SSSR count). The van der Waals surface area contributed by atoms with Gasteiger partial charge < -0.3 is 19.9 Å². The third-order valence-electron chi connectivity index (χ3n) is 3.12. The summed E-state index contributed by atoms with van der Waals surface area (Å²) in [6.07, 6.45) is 2.15. The molecule has 6 heteroatoms. The minimum Gasteiger partial charge on any atom is -0.482 e. The second-order valence-electron chi connectivity index (χ2n) is 4.99. The second-order valence-corrected chi connectivity index (χ2v) is 4.99. The van der Waals surface area contributed by atoms with Crippen LogP contribution in [0.5, 0.6) is 5.75 Å². The van der Waals surface area contributed by atoms with Crippen molar-refractivity contribution in [1.82, 2.24) is 5.32 Å². The Morgan fingerprint density at radius 3 is 2.50 bits per heavy atom. The predicted octanol–water partition coefficient (Wildman–Crippen LogP) is 2.14. The van der Waals surface area contributed by atoms with Gasteiger partial charge in [-0.25, -0.2) is 4.79 Å². The minimum absolute atomic E-state index is 0.00908. The Balaban J connectivity index is 2.39. The summed E-state index contributed by atoms with van der Waals surface area (Å²) >= 11 is 0. The summed E-state index contributed by atoms with van der Waals surface area (Å²) in [5.74, 6) is -0.516. The number of nitrogens with one attached hydrogen (secondary N) is 1. The van der Waals surface area contributed by atoms with E-state index in [9.17, 15) is 9.59 Å². The summed E-state index contributed by atoms with van der Waals surface area (Å²) in [4.78, 5) is 22.2. The molecular weight excluding hydrogens is 286 g/mol. The van der Waals surface area contributed by atoms with Crippen molar-refractivity contribution in [3.8, 4) is 5.75 Å². The molecule has 0 heterocycles. The number of ether oxygens (including phenoxy) is 2. The van der Waals surface area contributed by atoms with E-state index in [0.29, 0.717) is 18.8 Å². The topological polar surface area (TPSA) is 84.9 Å². The highest BCUT2D eigenvalue weighted by atomic mass is 16.5. The molecule has 0 bridgehead atoms. The molecule has 0 aliphatic heterocycles. The summed E-state index contributed by atoms with van der Waals surface area (Å²) in [6.45, 7) is 2.20. The molecule has 1 amide bonds. The van der Waals surface area contributed by atoms with Crippen molar-refractivity contribution in [3.63, 3.8) is 0 Å². The molecule has 0 saturated carbocycles. The van der Waals surface area contributed by atoms with Gasteiger partial charge in [-0.2, -0.15) is 0 Å². The van der Waals surface area contributed by atoms with Crippen LogP contribution in [0.25, 0.3) is 0 Å². The van der Waals surface area contributed by atoms with Gasteiger partial charge in [0.2, 0.25) is 5.91 Å². The first-order chi connectivity index (χ1) is 10.5. The molecule has 0 saturated heterocycles. The van der Waals surface area contributed by atoms with Crippen molar-refractivity contribution in [2.75, 3.05) is 20.3 Å². The van der Waals surface area contributed by atoms with Crippen LogP contribution < -0.4 is 10.1 Å². The summed E-state index contributed by atoms with van der Waals surface area (Å²) < 4.78 is 10.0. The summed E-state index contributed by atoms with van der Waals surface area (Å²) in [6, 6.07) is 6.91. The zero-order chi connectivity index (χ0) is 16.4. The maximum atomic E-state index is 11.8. The molecule has 1 aromatic rings. The fourth-order valence-corrected chi connectivity index (χ4v) is 1.93. The number of amides is 1. The van der Waals surface area contributed by atoms with Crippen molar-refractivity contribution < 1.29 is 24.2 Å². The number of carboxylic acids is 1. The van der Waals surface area contributed by atoms with Gasteiger partial charge in [-0.1, -0.05) is 12.1 Å². The van der Waals surface area contributed by atoms with Crippen LogP contribution in [0.15, 0.2) is 24.3 Å². The minimum atomic E-state index is -1.02. The number of aliphatic carboxylic acids is 1. The van der Waals surface area contributed by atoms with Crippen molar-refractivity contribution in [2.45, 2.75) is 32.2 Å². The van der Waals surface area contributed by atoms with E-state index in [1.165, 1.54) is 0 Å². The average Bonchev–Trinajstić information content (AvgIpc) is 2.50. The van der Waals surface area contributed by atoms with Gasteiger partial charge in [0.25, 0.3) is 0 Å². The molecule has 0 spiro atoms. The van der Waals surface area contributed by atoms with Gasteiger partial charge >= 0.3 is 5.97 Å². The highest BCUT2D eigenvalue weighted by Crippen LogP contribution is 2.17. The van der Waals surface area contributed by atoms with Crippen LogP contribution in [-0.2, 0) is 14.3 Å². The molecule has 6 nitrogen and oxygen atoms in total. The first-order valence-corrected chi connectivity index (χ1v) is 7.25. The number of hydrogen-bond acceptors (Lipinski definition) is 4. The molecule has 0 radical (unpaired) electrons. The lowest BCUT2D eigenvalue weighted by atomic mass is 10.1. The molecule has 1 unspecified atom stereocenters. The molecule has 0 aliphatic rings.